The normalized spacial score (nSPS) is 18.0. The van der Waals surface area contributed by atoms with E-state index in [1.165, 1.54) is 0 Å². The average molecular weight is 378 g/mol. The Morgan fingerprint density at radius 2 is 2.15 bits per heavy atom. The van der Waals surface area contributed by atoms with E-state index < -0.39 is 14.0 Å². The second-order valence-corrected chi connectivity index (χ2v) is 13.7. The number of anilines is 1. The number of hydrogen-bond acceptors (Lipinski definition) is 5. The smallest absolute Gasteiger partial charge is 0.357 e. The van der Waals surface area contributed by atoms with Gasteiger partial charge in [0.25, 0.3) is 0 Å². The lowest BCUT2D eigenvalue weighted by Crippen LogP contribution is -2.22. The highest BCUT2D eigenvalue weighted by molar-refractivity contribution is 6.76. The van der Waals surface area contributed by atoms with Crippen LogP contribution in [0.2, 0.25) is 25.7 Å². The molecule has 1 aliphatic rings. The number of ether oxygens (including phenoxy) is 1. The molecule has 1 aromatic heterocycles. The molecule has 1 atom stereocenters. The first kappa shape index (κ1) is 18.9. The Balaban J connectivity index is 1.82. The zero-order chi connectivity index (χ0) is 18.9. The number of nitrogens with zero attached hydrogens (tertiary/aromatic N) is 3. The summed E-state index contributed by atoms with van der Waals surface area (Å²) in [6.45, 7) is 9.11. The van der Waals surface area contributed by atoms with Crippen LogP contribution in [0.4, 0.5) is 5.69 Å². The van der Waals surface area contributed by atoms with E-state index in [2.05, 4.69) is 29.6 Å². The van der Waals surface area contributed by atoms with Crippen molar-refractivity contribution in [3.05, 3.63) is 23.9 Å². The van der Waals surface area contributed by atoms with Crippen molar-refractivity contribution in [2.45, 2.75) is 44.9 Å². The lowest BCUT2D eigenvalue weighted by atomic mass is 10.1. The number of hydrogen-bond donors (Lipinski definition) is 2. The van der Waals surface area contributed by atoms with E-state index in [0.717, 1.165) is 30.2 Å². The van der Waals surface area contributed by atoms with Gasteiger partial charge in [0.15, 0.2) is 5.69 Å². The van der Waals surface area contributed by atoms with Crippen molar-refractivity contribution in [3.8, 4) is 0 Å². The highest BCUT2D eigenvalue weighted by Crippen LogP contribution is 2.27. The lowest BCUT2D eigenvalue weighted by Gasteiger charge is -2.18. The van der Waals surface area contributed by atoms with Crippen molar-refractivity contribution in [3.63, 3.8) is 0 Å². The molecule has 26 heavy (non-hydrogen) atoms. The lowest BCUT2D eigenvalue weighted by molar-refractivity contribution is 0.0676. The van der Waals surface area contributed by atoms with Crippen molar-refractivity contribution in [2.75, 3.05) is 24.6 Å². The van der Waals surface area contributed by atoms with Crippen LogP contribution in [0.1, 0.15) is 16.9 Å². The summed E-state index contributed by atoms with van der Waals surface area (Å²) in [7, 11) is -1.16. The predicted octanol–water partition coefficient (Wildman–Crippen LogP) is 2.62. The van der Waals surface area contributed by atoms with Gasteiger partial charge in [0, 0.05) is 38.8 Å². The molecule has 0 amide bonds. The maximum Gasteiger partial charge on any atom is 0.357 e. The number of β-amino-alcohol motifs (C(OH)–C–C–N with tert-alkyl or cyclic N) is 1. The maximum absolute atomic E-state index is 11.6. The van der Waals surface area contributed by atoms with E-state index >= 15 is 0 Å². The topological polar surface area (TPSA) is 87.8 Å². The van der Waals surface area contributed by atoms with Crippen LogP contribution in [0.25, 0.3) is 10.9 Å². The molecule has 1 aliphatic heterocycles. The molecule has 0 bridgehead atoms. The van der Waals surface area contributed by atoms with Crippen LogP contribution in [0, 0.1) is 0 Å². The summed E-state index contributed by atoms with van der Waals surface area (Å²) >= 11 is 0. The molecule has 2 heterocycles. The minimum Gasteiger partial charge on any atom is -0.476 e. The summed E-state index contributed by atoms with van der Waals surface area (Å²) in [5.74, 6) is -1.05. The number of benzene rings is 1. The molecule has 2 N–H and O–H groups in total. The van der Waals surface area contributed by atoms with Gasteiger partial charge in [-0.05, 0) is 30.7 Å². The Bertz CT molecular complexity index is 800. The van der Waals surface area contributed by atoms with Crippen LogP contribution in [0.15, 0.2) is 18.2 Å². The number of carboxylic acids is 1. The third-order valence-corrected chi connectivity index (χ3v) is 6.38. The number of carbonyl (C=O) groups is 1. The third kappa shape index (κ3) is 4.25. The molecule has 0 saturated carbocycles. The first-order chi connectivity index (χ1) is 12.2. The highest BCUT2D eigenvalue weighted by atomic mass is 28.3. The van der Waals surface area contributed by atoms with E-state index in [9.17, 15) is 15.0 Å². The predicted molar refractivity (Wildman–Crippen MR) is 104 cm³/mol. The van der Waals surface area contributed by atoms with Crippen molar-refractivity contribution in [1.29, 1.82) is 0 Å². The average Bonchev–Trinajstić information content (AvgIpc) is 3.14. The summed E-state index contributed by atoms with van der Waals surface area (Å²) in [5.41, 5.74) is 1.70. The van der Waals surface area contributed by atoms with Crippen molar-refractivity contribution < 1.29 is 19.7 Å². The maximum atomic E-state index is 11.6. The molecule has 1 aromatic carbocycles. The second-order valence-electron chi connectivity index (χ2n) is 8.09. The van der Waals surface area contributed by atoms with Crippen molar-refractivity contribution >= 4 is 30.6 Å². The fourth-order valence-electron chi connectivity index (χ4n) is 3.13. The molecule has 0 spiro atoms. The van der Waals surface area contributed by atoms with Crippen molar-refractivity contribution in [1.82, 2.24) is 9.78 Å². The summed E-state index contributed by atoms with van der Waals surface area (Å²) in [5, 5.41) is 24.1. The van der Waals surface area contributed by atoms with Crippen LogP contribution in [-0.2, 0) is 11.5 Å². The van der Waals surface area contributed by atoms with Gasteiger partial charge in [0.05, 0.1) is 11.6 Å². The van der Waals surface area contributed by atoms with Crippen LogP contribution < -0.4 is 4.90 Å². The van der Waals surface area contributed by atoms with Gasteiger partial charge in [-0.2, -0.15) is 5.10 Å². The molecular formula is C18H27N3O4Si. The van der Waals surface area contributed by atoms with Crippen LogP contribution in [-0.4, -0.2) is 59.8 Å². The van der Waals surface area contributed by atoms with Gasteiger partial charge in [0.1, 0.15) is 6.73 Å². The molecular weight excluding hydrogens is 350 g/mol. The molecule has 142 valence electrons. The Morgan fingerprint density at radius 1 is 1.38 bits per heavy atom. The molecule has 0 aliphatic carbocycles. The first-order valence-electron chi connectivity index (χ1n) is 8.99. The van der Waals surface area contributed by atoms with Gasteiger partial charge >= 0.3 is 5.97 Å². The quantitative estimate of drug-likeness (QED) is 0.570. The highest BCUT2D eigenvalue weighted by Gasteiger charge is 2.23. The Kier molecular flexibility index (Phi) is 5.36. The largest absolute Gasteiger partial charge is 0.476 e. The molecule has 1 saturated heterocycles. The van der Waals surface area contributed by atoms with Crippen LogP contribution in [0.3, 0.4) is 0 Å². The Labute approximate surface area is 154 Å². The van der Waals surface area contributed by atoms with Crippen molar-refractivity contribution in [2.24, 2.45) is 0 Å². The summed E-state index contributed by atoms with van der Waals surface area (Å²) < 4.78 is 7.36. The number of carboxylic acid groups (broad SMARTS) is 1. The standard InChI is InChI=1S/C18H27N3O4Si/c1-26(2,3)9-8-25-12-21-16-5-4-13(20-7-6-14(22)11-20)10-15(16)17(19-21)18(23)24/h4-5,10,14,22H,6-9,11-12H2,1-3H3,(H,23,24)/t14-/m0/s1. The van der Waals surface area contributed by atoms with Gasteiger partial charge < -0.3 is 19.8 Å². The first-order valence-corrected chi connectivity index (χ1v) is 12.7. The number of aliphatic hydroxyl groups is 1. The van der Waals surface area contributed by atoms with Crippen LogP contribution >= 0.6 is 0 Å². The fourth-order valence-corrected chi connectivity index (χ4v) is 3.88. The monoisotopic (exact) mass is 377 g/mol. The number of aliphatic hydroxyl groups excluding tert-OH is 1. The second kappa shape index (κ2) is 7.38. The molecule has 8 heteroatoms. The third-order valence-electron chi connectivity index (χ3n) is 4.68. The van der Waals surface area contributed by atoms with E-state index in [-0.39, 0.29) is 18.5 Å². The Hall–Kier alpha value is -1.90. The van der Waals surface area contributed by atoms with E-state index in [4.69, 9.17) is 4.74 Å². The fraction of sp³-hybridized carbons (Fsp3) is 0.556. The van der Waals surface area contributed by atoms with Gasteiger partial charge in [-0.25, -0.2) is 9.48 Å². The summed E-state index contributed by atoms with van der Waals surface area (Å²) in [4.78, 5) is 13.7. The summed E-state index contributed by atoms with van der Waals surface area (Å²) in [6, 6.07) is 6.74. The van der Waals surface area contributed by atoms with Gasteiger partial charge in [-0.3, -0.25) is 0 Å². The summed E-state index contributed by atoms with van der Waals surface area (Å²) in [6.07, 6.45) is 0.403. The number of aromatic carboxylic acids is 1. The minimum atomic E-state index is -1.16. The molecule has 2 aromatic rings. The SMILES string of the molecule is C[Si](C)(C)CCOCn1nc(C(=O)O)c2cc(N3CC[C@H](O)C3)ccc21. The van der Waals surface area contributed by atoms with E-state index in [1.54, 1.807) is 4.68 Å². The zero-order valence-electron chi connectivity index (χ0n) is 15.6. The molecule has 0 unspecified atom stereocenters. The molecule has 1 fully saturated rings. The molecule has 3 rings (SSSR count). The van der Waals surface area contributed by atoms with Crippen LogP contribution in [0.5, 0.6) is 0 Å². The zero-order valence-corrected chi connectivity index (χ0v) is 16.6. The van der Waals surface area contributed by atoms with Gasteiger partial charge in [-0.1, -0.05) is 19.6 Å². The minimum absolute atomic E-state index is 0.0374. The number of fused-ring (bicyclic) bond motifs is 1. The number of rotatable bonds is 7. The van der Waals surface area contributed by atoms with E-state index in [0.29, 0.717) is 18.5 Å². The van der Waals surface area contributed by atoms with E-state index in [1.807, 2.05) is 18.2 Å². The molecule has 7 nitrogen and oxygen atoms in total. The van der Waals surface area contributed by atoms with Gasteiger partial charge in [-0.15, -0.1) is 0 Å². The number of aromatic nitrogens is 2. The van der Waals surface area contributed by atoms with Gasteiger partial charge in [0.2, 0.25) is 0 Å². The Morgan fingerprint density at radius 3 is 2.77 bits per heavy atom. The molecule has 0 radical (unpaired) electrons.